The molecular formula is C19H25N3O2S. The van der Waals surface area contributed by atoms with Gasteiger partial charge in [-0.2, -0.15) is 0 Å². The fraction of sp³-hybridized carbons (Fsp3) is 0.316. The summed E-state index contributed by atoms with van der Waals surface area (Å²) < 4.78 is 24.7. The van der Waals surface area contributed by atoms with Crippen LogP contribution in [0.5, 0.6) is 0 Å². The molecule has 0 amide bonds. The van der Waals surface area contributed by atoms with E-state index in [0.29, 0.717) is 17.4 Å². The van der Waals surface area contributed by atoms with Crippen molar-refractivity contribution in [3.63, 3.8) is 0 Å². The molecule has 0 radical (unpaired) electrons. The first kappa shape index (κ1) is 19.0. The van der Waals surface area contributed by atoms with Crippen LogP contribution >= 0.6 is 0 Å². The maximum absolute atomic E-state index is 12.3. The third-order valence-electron chi connectivity index (χ3n) is 3.68. The number of nitrogens with one attached hydrogen (secondary N) is 1. The van der Waals surface area contributed by atoms with E-state index in [2.05, 4.69) is 22.4 Å². The highest BCUT2D eigenvalue weighted by atomic mass is 32.2. The van der Waals surface area contributed by atoms with Gasteiger partial charge in [-0.15, -0.1) is 0 Å². The number of hydrogen-bond donors (Lipinski definition) is 1. The zero-order valence-corrected chi connectivity index (χ0v) is 15.5. The lowest BCUT2D eigenvalue weighted by molar-refractivity contribution is 0.477. The second-order valence-corrected chi connectivity index (χ2v) is 7.82. The first-order chi connectivity index (χ1) is 12.0. The van der Waals surface area contributed by atoms with Gasteiger partial charge in [-0.1, -0.05) is 48.5 Å². The van der Waals surface area contributed by atoms with E-state index in [-0.39, 0.29) is 12.3 Å². The minimum absolute atomic E-state index is 0.00884. The predicted octanol–water partition coefficient (Wildman–Crippen LogP) is 2.56. The van der Waals surface area contributed by atoms with Crippen molar-refractivity contribution in [2.75, 3.05) is 25.9 Å². The minimum Gasteiger partial charge on any atom is -0.357 e. The number of benzene rings is 2. The minimum atomic E-state index is -3.31. The van der Waals surface area contributed by atoms with Gasteiger partial charge in [0.1, 0.15) is 0 Å². The smallest absolute Gasteiger partial charge is 0.193 e. The molecule has 0 aliphatic rings. The van der Waals surface area contributed by atoms with Gasteiger partial charge in [-0.05, 0) is 24.6 Å². The van der Waals surface area contributed by atoms with Gasteiger partial charge in [0.25, 0.3) is 0 Å². The van der Waals surface area contributed by atoms with Crippen molar-refractivity contribution >= 4 is 15.8 Å². The Balaban J connectivity index is 2.01. The fourth-order valence-corrected chi connectivity index (χ4v) is 3.56. The molecule has 0 heterocycles. The lowest BCUT2D eigenvalue weighted by Crippen LogP contribution is -2.38. The molecule has 1 N–H and O–H groups in total. The topological polar surface area (TPSA) is 61.8 Å². The zero-order chi connectivity index (χ0) is 18.1. The van der Waals surface area contributed by atoms with Crippen molar-refractivity contribution in [1.82, 2.24) is 10.2 Å². The number of nitrogens with zero attached hydrogens (tertiary/aromatic N) is 2. The molecule has 5 nitrogen and oxygen atoms in total. The standard InChI is InChI=1S/C19H25N3O2S/c1-3-20-19(22(2)16-17-10-6-4-7-11-17)21-14-15-25(23,24)18-12-8-5-9-13-18/h4-13H,3,14-16H2,1-2H3,(H,20,21). The maximum atomic E-state index is 12.3. The number of sulfone groups is 1. The van der Waals surface area contributed by atoms with E-state index >= 15 is 0 Å². The third-order valence-corrected chi connectivity index (χ3v) is 5.39. The molecule has 0 unspecified atom stereocenters. The van der Waals surface area contributed by atoms with Crippen LogP contribution in [0.2, 0.25) is 0 Å². The van der Waals surface area contributed by atoms with Crippen LogP contribution in [0.25, 0.3) is 0 Å². The molecule has 2 rings (SSSR count). The Labute approximate surface area is 150 Å². The van der Waals surface area contributed by atoms with Gasteiger partial charge < -0.3 is 10.2 Å². The Morgan fingerprint density at radius 1 is 1.04 bits per heavy atom. The first-order valence-corrected chi connectivity index (χ1v) is 9.99. The average molecular weight is 359 g/mol. The lowest BCUT2D eigenvalue weighted by Gasteiger charge is -2.22. The Morgan fingerprint density at radius 3 is 2.24 bits per heavy atom. The summed E-state index contributed by atoms with van der Waals surface area (Å²) in [5.41, 5.74) is 1.17. The van der Waals surface area contributed by atoms with Gasteiger partial charge in [0.05, 0.1) is 17.2 Å². The number of rotatable bonds is 7. The van der Waals surface area contributed by atoms with Crippen LogP contribution < -0.4 is 5.32 Å². The van der Waals surface area contributed by atoms with Gasteiger partial charge in [0.15, 0.2) is 15.8 Å². The fourth-order valence-electron chi connectivity index (χ4n) is 2.42. The maximum Gasteiger partial charge on any atom is 0.193 e. The molecule has 0 saturated heterocycles. The second kappa shape index (κ2) is 9.22. The van der Waals surface area contributed by atoms with Crippen molar-refractivity contribution in [3.05, 3.63) is 66.2 Å². The normalized spacial score (nSPS) is 12.0. The summed E-state index contributed by atoms with van der Waals surface area (Å²) in [5.74, 6) is 0.695. The molecule has 134 valence electrons. The van der Waals surface area contributed by atoms with Crippen LogP contribution in [0.4, 0.5) is 0 Å². The quantitative estimate of drug-likeness (QED) is 0.610. The molecule has 0 aliphatic carbocycles. The van der Waals surface area contributed by atoms with E-state index in [4.69, 9.17) is 0 Å². The van der Waals surface area contributed by atoms with E-state index < -0.39 is 9.84 Å². The number of hydrogen-bond acceptors (Lipinski definition) is 3. The van der Waals surface area contributed by atoms with E-state index in [1.54, 1.807) is 30.3 Å². The molecule has 0 aliphatic heterocycles. The molecule has 25 heavy (non-hydrogen) atoms. The van der Waals surface area contributed by atoms with E-state index in [1.165, 1.54) is 5.56 Å². The monoisotopic (exact) mass is 359 g/mol. The summed E-state index contributed by atoms with van der Waals surface area (Å²) in [6, 6.07) is 18.6. The summed E-state index contributed by atoms with van der Waals surface area (Å²) >= 11 is 0. The average Bonchev–Trinajstić information content (AvgIpc) is 2.62. The van der Waals surface area contributed by atoms with Gasteiger partial charge in [-0.3, -0.25) is 4.99 Å². The Morgan fingerprint density at radius 2 is 1.64 bits per heavy atom. The zero-order valence-electron chi connectivity index (χ0n) is 14.7. The largest absolute Gasteiger partial charge is 0.357 e. The van der Waals surface area contributed by atoms with Crippen LogP contribution in [-0.4, -0.2) is 45.2 Å². The van der Waals surface area contributed by atoms with Gasteiger partial charge in [0, 0.05) is 20.1 Å². The molecule has 0 fully saturated rings. The van der Waals surface area contributed by atoms with Gasteiger partial charge in [0.2, 0.25) is 0 Å². The van der Waals surface area contributed by atoms with Crippen LogP contribution in [0, 0.1) is 0 Å². The first-order valence-electron chi connectivity index (χ1n) is 8.34. The lowest BCUT2D eigenvalue weighted by atomic mass is 10.2. The summed E-state index contributed by atoms with van der Waals surface area (Å²) in [7, 11) is -1.36. The summed E-state index contributed by atoms with van der Waals surface area (Å²) in [6.07, 6.45) is 0. The highest BCUT2D eigenvalue weighted by molar-refractivity contribution is 7.91. The number of guanidine groups is 1. The van der Waals surface area contributed by atoms with E-state index in [9.17, 15) is 8.42 Å². The van der Waals surface area contributed by atoms with Crippen molar-refractivity contribution in [2.24, 2.45) is 4.99 Å². The van der Waals surface area contributed by atoms with Crippen LogP contribution in [0.1, 0.15) is 12.5 Å². The summed E-state index contributed by atoms with van der Waals surface area (Å²) in [6.45, 7) is 3.65. The predicted molar refractivity (Wildman–Crippen MR) is 102 cm³/mol. The van der Waals surface area contributed by atoms with Crippen LogP contribution in [0.15, 0.2) is 70.6 Å². The Kier molecular flexibility index (Phi) is 7.01. The Hall–Kier alpha value is -2.34. The van der Waals surface area contributed by atoms with Gasteiger partial charge >= 0.3 is 0 Å². The van der Waals surface area contributed by atoms with Gasteiger partial charge in [-0.25, -0.2) is 8.42 Å². The highest BCUT2D eigenvalue weighted by Crippen LogP contribution is 2.10. The molecule has 0 bridgehead atoms. The molecule has 2 aromatic rings. The van der Waals surface area contributed by atoms with E-state index in [0.717, 1.165) is 6.54 Å². The molecule has 0 atom stereocenters. The van der Waals surface area contributed by atoms with Crippen molar-refractivity contribution in [3.8, 4) is 0 Å². The molecule has 0 spiro atoms. The highest BCUT2D eigenvalue weighted by Gasteiger charge is 2.14. The van der Waals surface area contributed by atoms with Crippen molar-refractivity contribution in [2.45, 2.75) is 18.4 Å². The van der Waals surface area contributed by atoms with Crippen molar-refractivity contribution < 1.29 is 8.42 Å². The third kappa shape index (κ3) is 5.90. The second-order valence-electron chi connectivity index (χ2n) is 5.71. The van der Waals surface area contributed by atoms with E-state index in [1.807, 2.05) is 37.1 Å². The molecular weight excluding hydrogens is 334 g/mol. The van der Waals surface area contributed by atoms with Crippen LogP contribution in [0.3, 0.4) is 0 Å². The van der Waals surface area contributed by atoms with Crippen LogP contribution in [-0.2, 0) is 16.4 Å². The molecule has 6 heteroatoms. The number of aliphatic imine (C=N–C) groups is 1. The summed E-state index contributed by atoms with van der Waals surface area (Å²) in [5, 5.41) is 3.21. The summed E-state index contributed by atoms with van der Waals surface area (Å²) in [4.78, 5) is 6.81. The molecule has 0 aromatic heterocycles. The Bertz CT molecular complexity index is 775. The molecule has 0 saturated carbocycles. The SMILES string of the molecule is CCNC(=NCCS(=O)(=O)c1ccccc1)N(C)Cc1ccccc1. The molecule has 2 aromatic carbocycles. The van der Waals surface area contributed by atoms with Crippen molar-refractivity contribution in [1.29, 1.82) is 0 Å².